The number of carboxylic acid groups (broad SMARTS) is 1. The average molecular weight is 250 g/mol. The largest absolute Gasteiger partial charge is 0.480 e. The van der Waals surface area contributed by atoms with Crippen molar-refractivity contribution in [3.05, 3.63) is 34.2 Å². The molecule has 1 unspecified atom stereocenters. The predicted octanol–water partition coefficient (Wildman–Crippen LogP) is 0.0745. The molecule has 0 saturated carbocycles. The van der Waals surface area contributed by atoms with E-state index in [2.05, 4.69) is 0 Å². The lowest BCUT2D eigenvalue weighted by Gasteiger charge is -2.21. The van der Waals surface area contributed by atoms with Crippen LogP contribution >= 0.6 is 0 Å². The molecule has 1 aromatic rings. The van der Waals surface area contributed by atoms with E-state index in [0.717, 1.165) is 0 Å². The second kappa shape index (κ2) is 4.64. The molecule has 1 aliphatic rings. The minimum Gasteiger partial charge on any atom is -0.480 e. The second-order valence-corrected chi connectivity index (χ2v) is 4.36. The van der Waals surface area contributed by atoms with E-state index < -0.39 is 17.9 Å². The van der Waals surface area contributed by atoms with Crippen LogP contribution in [0.4, 0.5) is 0 Å². The summed E-state index contributed by atoms with van der Waals surface area (Å²) in [6.07, 6.45) is 2.64. The van der Waals surface area contributed by atoms with Crippen LogP contribution < -0.4 is 5.56 Å². The Morgan fingerprint density at radius 2 is 2.17 bits per heavy atom. The molecule has 2 heterocycles. The highest BCUT2D eigenvalue weighted by Crippen LogP contribution is 2.19. The number of carboxylic acids is 1. The normalized spacial score (nSPS) is 18.9. The number of hydrogen-bond donors (Lipinski definition) is 1. The monoisotopic (exact) mass is 250 g/mol. The molecule has 18 heavy (non-hydrogen) atoms. The Labute approximate surface area is 103 Å². The zero-order valence-corrected chi connectivity index (χ0v) is 10.00. The zero-order valence-electron chi connectivity index (χ0n) is 10.00. The van der Waals surface area contributed by atoms with Crippen molar-refractivity contribution in [2.24, 2.45) is 7.05 Å². The number of rotatable bonds is 2. The van der Waals surface area contributed by atoms with Gasteiger partial charge >= 0.3 is 5.97 Å². The van der Waals surface area contributed by atoms with Crippen LogP contribution in [0.5, 0.6) is 0 Å². The summed E-state index contributed by atoms with van der Waals surface area (Å²) < 4.78 is 1.36. The van der Waals surface area contributed by atoms with E-state index in [1.807, 2.05) is 0 Å². The van der Waals surface area contributed by atoms with Gasteiger partial charge in [0, 0.05) is 31.4 Å². The van der Waals surface area contributed by atoms with Gasteiger partial charge in [-0.2, -0.15) is 0 Å². The van der Waals surface area contributed by atoms with Crippen LogP contribution in [-0.4, -0.2) is 39.0 Å². The first-order valence-corrected chi connectivity index (χ1v) is 5.71. The van der Waals surface area contributed by atoms with Crippen LogP contribution in [0.3, 0.4) is 0 Å². The summed E-state index contributed by atoms with van der Waals surface area (Å²) in [6.45, 7) is 0.422. The number of carbonyl (C=O) groups is 2. The lowest BCUT2D eigenvalue weighted by atomic mass is 10.2. The molecule has 1 atom stereocenters. The number of carbonyl (C=O) groups excluding carboxylic acids is 1. The first-order chi connectivity index (χ1) is 8.50. The molecular formula is C12H14N2O4. The zero-order chi connectivity index (χ0) is 13.3. The highest BCUT2D eigenvalue weighted by atomic mass is 16.4. The summed E-state index contributed by atoms with van der Waals surface area (Å²) >= 11 is 0. The predicted molar refractivity (Wildman–Crippen MR) is 63.4 cm³/mol. The van der Waals surface area contributed by atoms with Crippen LogP contribution in [0.15, 0.2) is 23.1 Å². The maximum atomic E-state index is 12.1. The number of aromatic nitrogens is 1. The quantitative estimate of drug-likeness (QED) is 0.805. The summed E-state index contributed by atoms with van der Waals surface area (Å²) in [5, 5.41) is 9.02. The number of amides is 1. The van der Waals surface area contributed by atoms with Crippen molar-refractivity contribution < 1.29 is 14.7 Å². The molecule has 0 spiro atoms. The number of aliphatic carboxylic acids is 1. The minimum absolute atomic E-state index is 0.242. The van der Waals surface area contributed by atoms with Gasteiger partial charge in [-0.25, -0.2) is 4.79 Å². The van der Waals surface area contributed by atoms with E-state index in [0.29, 0.717) is 19.4 Å². The third kappa shape index (κ3) is 2.13. The van der Waals surface area contributed by atoms with Gasteiger partial charge in [0.25, 0.3) is 11.5 Å². The summed E-state index contributed by atoms with van der Waals surface area (Å²) in [5.41, 5.74) is -0.0434. The first kappa shape index (κ1) is 12.3. The van der Waals surface area contributed by atoms with Gasteiger partial charge in [0.1, 0.15) is 6.04 Å². The van der Waals surface area contributed by atoms with Crippen molar-refractivity contribution in [2.75, 3.05) is 6.54 Å². The molecule has 0 bridgehead atoms. The number of nitrogens with zero attached hydrogens (tertiary/aromatic N) is 2. The highest BCUT2D eigenvalue weighted by Gasteiger charge is 2.34. The molecule has 1 fully saturated rings. The van der Waals surface area contributed by atoms with Crippen LogP contribution in [0.1, 0.15) is 23.2 Å². The Balaban J connectivity index is 2.28. The standard InChI is InChI=1S/C12H14N2O4/c1-13-6-4-8(7-10(13)15)11(16)14-5-2-3-9(14)12(17)18/h4,6-7,9H,2-3,5H2,1H3,(H,17,18). The number of likely N-dealkylation sites (tertiary alicyclic amines) is 1. The fraction of sp³-hybridized carbons (Fsp3) is 0.417. The van der Waals surface area contributed by atoms with Gasteiger partial charge in [-0.05, 0) is 18.9 Å². The van der Waals surface area contributed by atoms with Gasteiger partial charge in [0.05, 0.1) is 0 Å². The topological polar surface area (TPSA) is 79.6 Å². The smallest absolute Gasteiger partial charge is 0.326 e. The number of aryl methyl sites for hydroxylation is 1. The summed E-state index contributed by atoms with van der Waals surface area (Å²) in [7, 11) is 1.59. The summed E-state index contributed by atoms with van der Waals surface area (Å²) in [5.74, 6) is -1.39. The maximum absolute atomic E-state index is 12.1. The number of pyridine rings is 1. The Hall–Kier alpha value is -2.11. The maximum Gasteiger partial charge on any atom is 0.326 e. The summed E-state index contributed by atoms with van der Waals surface area (Å²) in [6, 6.07) is 1.99. The van der Waals surface area contributed by atoms with Gasteiger partial charge in [-0.1, -0.05) is 0 Å². The molecule has 6 heteroatoms. The van der Waals surface area contributed by atoms with Crippen molar-refractivity contribution >= 4 is 11.9 Å². The third-order valence-electron chi connectivity index (χ3n) is 3.15. The third-order valence-corrected chi connectivity index (χ3v) is 3.15. The van der Waals surface area contributed by atoms with E-state index in [1.54, 1.807) is 7.05 Å². The van der Waals surface area contributed by atoms with Crippen LogP contribution in [-0.2, 0) is 11.8 Å². The van der Waals surface area contributed by atoms with Gasteiger partial charge in [-0.3, -0.25) is 9.59 Å². The van der Waals surface area contributed by atoms with Gasteiger partial charge in [0.15, 0.2) is 0 Å². The lowest BCUT2D eigenvalue weighted by Crippen LogP contribution is -2.40. The van der Waals surface area contributed by atoms with Crippen molar-refractivity contribution in [3.8, 4) is 0 Å². The molecule has 1 aromatic heterocycles. The highest BCUT2D eigenvalue weighted by molar-refractivity contribution is 5.96. The van der Waals surface area contributed by atoms with Crippen molar-refractivity contribution in [3.63, 3.8) is 0 Å². The fourth-order valence-electron chi connectivity index (χ4n) is 2.11. The molecule has 0 aliphatic carbocycles. The summed E-state index contributed by atoms with van der Waals surface area (Å²) in [4.78, 5) is 35.9. The van der Waals surface area contributed by atoms with Crippen LogP contribution in [0, 0.1) is 0 Å². The molecule has 96 valence electrons. The molecule has 2 rings (SSSR count). The fourth-order valence-corrected chi connectivity index (χ4v) is 2.11. The molecule has 1 saturated heterocycles. The van der Waals surface area contributed by atoms with Gasteiger partial charge in [-0.15, -0.1) is 0 Å². The van der Waals surface area contributed by atoms with Crippen molar-refractivity contribution in [1.82, 2.24) is 9.47 Å². The molecule has 6 nitrogen and oxygen atoms in total. The Kier molecular flexibility index (Phi) is 3.18. The molecule has 1 N–H and O–H groups in total. The van der Waals surface area contributed by atoms with Crippen molar-refractivity contribution in [2.45, 2.75) is 18.9 Å². The van der Waals surface area contributed by atoms with Crippen LogP contribution in [0.25, 0.3) is 0 Å². The number of hydrogen-bond acceptors (Lipinski definition) is 3. The Morgan fingerprint density at radius 1 is 1.44 bits per heavy atom. The van der Waals surface area contributed by atoms with Crippen LogP contribution in [0.2, 0.25) is 0 Å². The lowest BCUT2D eigenvalue weighted by molar-refractivity contribution is -0.141. The molecule has 0 aromatic carbocycles. The SMILES string of the molecule is Cn1ccc(C(=O)N2CCCC2C(=O)O)cc1=O. The second-order valence-electron chi connectivity index (χ2n) is 4.36. The van der Waals surface area contributed by atoms with Crippen molar-refractivity contribution in [1.29, 1.82) is 0 Å². The van der Waals surface area contributed by atoms with Gasteiger partial charge < -0.3 is 14.6 Å². The van der Waals surface area contributed by atoms with E-state index in [4.69, 9.17) is 5.11 Å². The molecule has 0 radical (unpaired) electrons. The van der Waals surface area contributed by atoms with E-state index >= 15 is 0 Å². The van der Waals surface area contributed by atoms with E-state index in [-0.39, 0.29) is 11.1 Å². The Bertz CT molecular complexity index is 549. The molecule has 1 aliphatic heterocycles. The molecular weight excluding hydrogens is 236 g/mol. The van der Waals surface area contributed by atoms with E-state index in [1.165, 1.54) is 27.8 Å². The minimum atomic E-state index is -0.996. The van der Waals surface area contributed by atoms with Gasteiger partial charge in [0.2, 0.25) is 0 Å². The average Bonchev–Trinajstić information content (AvgIpc) is 2.81. The Morgan fingerprint density at radius 3 is 2.78 bits per heavy atom. The van der Waals surface area contributed by atoms with E-state index in [9.17, 15) is 14.4 Å². The first-order valence-electron chi connectivity index (χ1n) is 5.71. The molecule has 1 amide bonds.